The van der Waals surface area contributed by atoms with Crippen LogP contribution in [0.4, 0.5) is 10.1 Å². The van der Waals surface area contributed by atoms with Gasteiger partial charge in [-0.3, -0.25) is 4.79 Å². The molecule has 0 bridgehead atoms. The third-order valence-electron chi connectivity index (χ3n) is 4.99. The molecule has 28 heavy (non-hydrogen) atoms. The molecule has 0 spiro atoms. The lowest BCUT2D eigenvalue weighted by molar-refractivity contribution is -0.122. The molecule has 3 rings (SSSR count). The van der Waals surface area contributed by atoms with Crippen LogP contribution in [-0.4, -0.2) is 20.6 Å². The van der Waals surface area contributed by atoms with Crippen molar-refractivity contribution >= 4 is 21.4 Å². The molecule has 0 unspecified atom stereocenters. The first-order chi connectivity index (χ1) is 13.3. The predicted molar refractivity (Wildman–Crippen MR) is 104 cm³/mol. The number of rotatable bonds is 5. The van der Waals surface area contributed by atoms with Crippen LogP contribution in [0, 0.1) is 23.1 Å². The highest BCUT2D eigenvalue weighted by Gasteiger charge is 2.28. The van der Waals surface area contributed by atoms with Crippen LogP contribution >= 0.6 is 0 Å². The van der Waals surface area contributed by atoms with Gasteiger partial charge in [0.1, 0.15) is 5.82 Å². The molecule has 0 N–H and O–H groups in total. The van der Waals surface area contributed by atoms with E-state index in [-0.39, 0.29) is 28.8 Å². The minimum Gasteiger partial charge on any atom is -0.308 e. The molecule has 1 aliphatic rings. The van der Waals surface area contributed by atoms with Gasteiger partial charge in [-0.2, -0.15) is 5.26 Å². The second-order valence-corrected chi connectivity index (χ2v) is 9.15. The predicted octanol–water partition coefficient (Wildman–Crippen LogP) is 3.82. The molecule has 1 fully saturated rings. The van der Waals surface area contributed by atoms with Crippen LogP contribution in [0.15, 0.2) is 47.4 Å². The number of benzene rings is 2. The van der Waals surface area contributed by atoms with Crippen molar-refractivity contribution in [2.45, 2.75) is 37.1 Å². The van der Waals surface area contributed by atoms with Crippen molar-refractivity contribution in [3.8, 4) is 6.07 Å². The molecule has 2 aromatic rings. The van der Waals surface area contributed by atoms with Crippen LogP contribution in [0.25, 0.3) is 0 Å². The SMILES string of the molecule is CS(=O)(=O)c1ccc(CN(C(=O)C2CCCC2)c2cc(F)cc(C#N)c2)cc1. The molecule has 2 aromatic carbocycles. The van der Waals surface area contributed by atoms with E-state index in [0.717, 1.165) is 43.6 Å². The average molecular weight is 400 g/mol. The lowest BCUT2D eigenvalue weighted by atomic mass is 10.0. The molecule has 0 heterocycles. The van der Waals surface area contributed by atoms with Gasteiger partial charge in [0.15, 0.2) is 9.84 Å². The first-order valence-corrected chi connectivity index (χ1v) is 11.0. The number of sulfone groups is 1. The Kier molecular flexibility index (Phi) is 5.80. The number of hydrogen-bond acceptors (Lipinski definition) is 4. The quantitative estimate of drug-likeness (QED) is 0.764. The van der Waals surface area contributed by atoms with Crippen molar-refractivity contribution in [1.82, 2.24) is 0 Å². The van der Waals surface area contributed by atoms with Crippen LogP contribution in [0.5, 0.6) is 0 Å². The van der Waals surface area contributed by atoms with Gasteiger partial charge in [0.25, 0.3) is 0 Å². The van der Waals surface area contributed by atoms with E-state index in [1.807, 2.05) is 6.07 Å². The zero-order chi connectivity index (χ0) is 20.3. The van der Waals surface area contributed by atoms with Crippen molar-refractivity contribution in [3.05, 3.63) is 59.4 Å². The van der Waals surface area contributed by atoms with Gasteiger partial charge >= 0.3 is 0 Å². The fourth-order valence-electron chi connectivity index (χ4n) is 3.51. The summed E-state index contributed by atoms with van der Waals surface area (Å²) in [6, 6.07) is 12.1. The fraction of sp³-hybridized carbons (Fsp3) is 0.333. The summed E-state index contributed by atoms with van der Waals surface area (Å²) in [6.07, 6.45) is 4.69. The second kappa shape index (κ2) is 8.11. The van der Waals surface area contributed by atoms with Gasteiger partial charge in [0, 0.05) is 17.9 Å². The Labute approximate surface area is 164 Å². The van der Waals surface area contributed by atoms with Gasteiger partial charge in [-0.05, 0) is 48.7 Å². The smallest absolute Gasteiger partial charge is 0.230 e. The molecule has 1 aliphatic carbocycles. The first kappa shape index (κ1) is 20.0. The Hall–Kier alpha value is -2.72. The molecule has 7 heteroatoms. The summed E-state index contributed by atoms with van der Waals surface area (Å²) in [6.45, 7) is 0.174. The number of halogens is 1. The summed E-state index contributed by atoms with van der Waals surface area (Å²) in [5.74, 6) is -0.797. The first-order valence-electron chi connectivity index (χ1n) is 9.09. The van der Waals surface area contributed by atoms with Gasteiger partial charge in [0.05, 0.1) is 23.1 Å². The highest BCUT2D eigenvalue weighted by molar-refractivity contribution is 7.90. The second-order valence-electron chi connectivity index (χ2n) is 7.13. The topological polar surface area (TPSA) is 78.2 Å². The van der Waals surface area contributed by atoms with E-state index in [1.54, 1.807) is 12.1 Å². The highest BCUT2D eigenvalue weighted by Crippen LogP contribution is 2.30. The minimum atomic E-state index is -3.31. The molecule has 0 radical (unpaired) electrons. The summed E-state index contributed by atoms with van der Waals surface area (Å²) in [5.41, 5.74) is 1.20. The number of amides is 1. The monoisotopic (exact) mass is 400 g/mol. The molecule has 1 saturated carbocycles. The number of nitriles is 1. The van der Waals surface area contributed by atoms with Gasteiger partial charge in [-0.15, -0.1) is 0 Å². The Morgan fingerprint density at radius 2 is 1.82 bits per heavy atom. The van der Waals surface area contributed by atoms with Crippen molar-refractivity contribution in [1.29, 1.82) is 5.26 Å². The lowest BCUT2D eigenvalue weighted by Gasteiger charge is -2.26. The molecular weight excluding hydrogens is 379 g/mol. The molecular formula is C21H21FN2O3S. The molecule has 0 atom stereocenters. The summed E-state index contributed by atoms with van der Waals surface area (Å²) in [5, 5.41) is 9.14. The Balaban J connectivity index is 1.96. The summed E-state index contributed by atoms with van der Waals surface area (Å²) >= 11 is 0. The van der Waals surface area contributed by atoms with E-state index < -0.39 is 15.7 Å². The van der Waals surface area contributed by atoms with Gasteiger partial charge in [-0.1, -0.05) is 25.0 Å². The maximum absolute atomic E-state index is 14.0. The van der Waals surface area contributed by atoms with Crippen molar-refractivity contribution in [2.75, 3.05) is 11.2 Å². The normalized spacial score (nSPS) is 14.6. The van der Waals surface area contributed by atoms with E-state index in [9.17, 15) is 17.6 Å². The van der Waals surface area contributed by atoms with Crippen molar-refractivity contribution < 1.29 is 17.6 Å². The van der Waals surface area contributed by atoms with E-state index in [1.165, 1.54) is 29.2 Å². The van der Waals surface area contributed by atoms with Crippen LogP contribution in [0.3, 0.4) is 0 Å². The van der Waals surface area contributed by atoms with Gasteiger partial charge in [-0.25, -0.2) is 12.8 Å². The van der Waals surface area contributed by atoms with Crippen LogP contribution in [-0.2, 0) is 21.2 Å². The van der Waals surface area contributed by atoms with Crippen molar-refractivity contribution in [2.24, 2.45) is 5.92 Å². The van der Waals surface area contributed by atoms with Crippen molar-refractivity contribution in [3.63, 3.8) is 0 Å². The third kappa shape index (κ3) is 4.57. The zero-order valence-corrected chi connectivity index (χ0v) is 16.4. The third-order valence-corrected chi connectivity index (χ3v) is 6.11. The Bertz CT molecular complexity index is 1020. The largest absolute Gasteiger partial charge is 0.308 e. The molecule has 0 saturated heterocycles. The number of hydrogen-bond donors (Lipinski definition) is 0. The van der Waals surface area contributed by atoms with Gasteiger partial charge in [0.2, 0.25) is 5.91 Å². The van der Waals surface area contributed by atoms with E-state index in [2.05, 4.69) is 0 Å². The summed E-state index contributed by atoms with van der Waals surface area (Å²) < 4.78 is 37.3. The average Bonchev–Trinajstić information content (AvgIpc) is 3.19. The minimum absolute atomic E-state index is 0.0980. The highest BCUT2D eigenvalue weighted by atomic mass is 32.2. The lowest BCUT2D eigenvalue weighted by Crippen LogP contribution is -2.35. The van der Waals surface area contributed by atoms with Crippen LogP contribution < -0.4 is 4.90 Å². The number of nitrogens with zero attached hydrogens (tertiary/aromatic N) is 2. The maximum atomic E-state index is 14.0. The standard InChI is InChI=1S/C21H21FN2O3S/c1-28(26,27)20-8-6-15(7-9-20)14-24(21(25)17-4-2-3-5-17)19-11-16(13-23)10-18(22)12-19/h6-12,17H,2-5,14H2,1H3. The Morgan fingerprint density at radius 1 is 1.18 bits per heavy atom. The van der Waals surface area contributed by atoms with Crippen LogP contribution in [0.2, 0.25) is 0 Å². The molecule has 5 nitrogen and oxygen atoms in total. The van der Waals surface area contributed by atoms with Gasteiger partial charge < -0.3 is 4.90 Å². The molecule has 0 aromatic heterocycles. The van der Waals surface area contributed by atoms with Crippen LogP contribution in [0.1, 0.15) is 36.8 Å². The molecule has 1 amide bonds. The molecule has 0 aliphatic heterocycles. The molecule has 146 valence electrons. The number of carbonyl (C=O) groups excluding carboxylic acids is 1. The van der Waals surface area contributed by atoms with E-state index in [4.69, 9.17) is 5.26 Å². The summed E-state index contributed by atoms with van der Waals surface area (Å²) in [4.78, 5) is 14.8. The number of anilines is 1. The van der Waals surface area contributed by atoms with E-state index >= 15 is 0 Å². The fourth-order valence-corrected chi connectivity index (χ4v) is 4.14. The van der Waals surface area contributed by atoms with E-state index in [0.29, 0.717) is 5.69 Å². The summed E-state index contributed by atoms with van der Waals surface area (Å²) in [7, 11) is -3.31. The maximum Gasteiger partial charge on any atom is 0.230 e. The zero-order valence-electron chi connectivity index (χ0n) is 15.6. The number of carbonyl (C=O) groups is 1. The Morgan fingerprint density at radius 3 is 2.39 bits per heavy atom.